The number of ether oxygens (including phenoxy) is 1. The van der Waals surface area contributed by atoms with Crippen molar-refractivity contribution in [2.45, 2.75) is 0 Å². The summed E-state index contributed by atoms with van der Waals surface area (Å²) in [7, 11) is 1.30. The van der Waals surface area contributed by atoms with E-state index in [9.17, 15) is 4.79 Å². The first kappa shape index (κ1) is 8.38. The van der Waals surface area contributed by atoms with Crippen LogP contribution < -0.4 is 0 Å². The molecule has 70 valence electrons. The molecule has 0 spiro atoms. The second-order valence-corrected chi connectivity index (χ2v) is 2.67. The van der Waals surface area contributed by atoms with Crippen molar-refractivity contribution in [2.75, 3.05) is 7.11 Å². The monoisotopic (exact) mass is 190 g/mol. The average Bonchev–Trinajstić information content (AvgIpc) is 2.72. The van der Waals surface area contributed by atoms with Gasteiger partial charge in [-0.3, -0.25) is 0 Å². The molecule has 2 aromatic heterocycles. The molecule has 2 aromatic rings. The summed E-state index contributed by atoms with van der Waals surface area (Å²) >= 11 is 0. The van der Waals surface area contributed by atoms with Crippen molar-refractivity contribution in [3.8, 4) is 6.07 Å². The van der Waals surface area contributed by atoms with Crippen LogP contribution in [0.25, 0.3) is 11.1 Å². The van der Waals surface area contributed by atoms with Crippen LogP contribution in [0.1, 0.15) is 16.2 Å². The van der Waals surface area contributed by atoms with Crippen LogP contribution in [0.5, 0.6) is 0 Å². The number of nitrogens with one attached hydrogen (secondary N) is 1. The standard InChI is InChI=1S/C9H6N2O3/c1-13-9(12)7-3-8-6(11-7)2-5(4-10)14-8/h2-3,11H,1H3. The van der Waals surface area contributed by atoms with Gasteiger partial charge in [0.25, 0.3) is 0 Å². The molecule has 2 heterocycles. The minimum Gasteiger partial charge on any atom is -0.464 e. The molecule has 0 aliphatic heterocycles. The molecule has 0 fully saturated rings. The highest BCUT2D eigenvalue weighted by Crippen LogP contribution is 2.19. The third kappa shape index (κ3) is 1.13. The molecule has 0 saturated heterocycles. The number of furan rings is 1. The van der Waals surface area contributed by atoms with Gasteiger partial charge in [0, 0.05) is 12.1 Å². The summed E-state index contributed by atoms with van der Waals surface area (Å²) in [6.07, 6.45) is 0. The Morgan fingerprint density at radius 3 is 3.00 bits per heavy atom. The molecule has 0 atom stereocenters. The summed E-state index contributed by atoms with van der Waals surface area (Å²) in [5.74, 6) is -0.252. The molecule has 1 N–H and O–H groups in total. The zero-order valence-corrected chi connectivity index (χ0v) is 7.33. The topological polar surface area (TPSA) is 79.0 Å². The Balaban J connectivity index is 2.50. The van der Waals surface area contributed by atoms with Gasteiger partial charge in [0.2, 0.25) is 5.76 Å². The number of carbonyl (C=O) groups excluding carboxylic acids is 1. The van der Waals surface area contributed by atoms with Gasteiger partial charge in [-0.2, -0.15) is 5.26 Å². The van der Waals surface area contributed by atoms with Crippen LogP contribution in [0.15, 0.2) is 16.5 Å². The lowest BCUT2D eigenvalue weighted by atomic mass is 10.4. The van der Waals surface area contributed by atoms with E-state index in [0.29, 0.717) is 16.8 Å². The number of aromatic nitrogens is 1. The molecule has 0 amide bonds. The van der Waals surface area contributed by atoms with Gasteiger partial charge < -0.3 is 14.1 Å². The van der Waals surface area contributed by atoms with Crippen LogP contribution >= 0.6 is 0 Å². The zero-order chi connectivity index (χ0) is 10.1. The van der Waals surface area contributed by atoms with Crippen molar-refractivity contribution in [3.05, 3.63) is 23.6 Å². The van der Waals surface area contributed by atoms with E-state index in [4.69, 9.17) is 9.68 Å². The molecule has 14 heavy (non-hydrogen) atoms. The first-order valence-corrected chi connectivity index (χ1v) is 3.85. The maximum Gasteiger partial charge on any atom is 0.354 e. The Morgan fingerprint density at radius 1 is 1.64 bits per heavy atom. The second-order valence-electron chi connectivity index (χ2n) is 2.67. The number of methoxy groups -OCH3 is 1. The fraction of sp³-hybridized carbons (Fsp3) is 0.111. The summed E-state index contributed by atoms with van der Waals surface area (Å²) < 4.78 is 9.61. The highest BCUT2D eigenvalue weighted by atomic mass is 16.5. The average molecular weight is 190 g/mol. The number of nitriles is 1. The quantitative estimate of drug-likeness (QED) is 0.689. The van der Waals surface area contributed by atoms with Crippen molar-refractivity contribution < 1.29 is 13.9 Å². The highest BCUT2D eigenvalue weighted by molar-refractivity contribution is 5.93. The number of aromatic amines is 1. The predicted molar refractivity (Wildman–Crippen MR) is 46.6 cm³/mol. The molecule has 0 aromatic carbocycles. The maximum absolute atomic E-state index is 11.1. The third-order valence-corrected chi connectivity index (χ3v) is 1.82. The van der Waals surface area contributed by atoms with Crippen molar-refractivity contribution in [3.63, 3.8) is 0 Å². The predicted octanol–water partition coefficient (Wildman–Crippen LogP) is 1.42. The van der Waals surface area contributed by atoms with E-state index in [1.165, 1.54) is 19.2 Å². The lowest BCUT2D eigenvalue weighted by Gasteiger charge is -1.91. The molecule has 0 unspecified atom stereocenters. The van der Waals surface area contributed by atoms with Crippen LogP contribution in [-0.2, 0) is 4.74 Å². The Labute approximate surface area is 78.9 Å². The number of hydrogen-bond acceptors (Lipinski definition) is 4. The molecule has 0 aliphatic carbocycles. The third-order valence-electron chi connectivity index (χ3n) is 1.82. The van der Waals surface area contributed by atoms with Crippen molar-refractivity contribution in [1.82, 2.24) is 4.98 Å². The fourth-order valence-electron chi connectivity index (χ4n) is 1.20. The van der Waals surface area contributed by atoms with Crippen LogP contribution in [0, 0.1) is 11.3 Å². The smallest absolute Gasteiger partial charge is 0.354 e. The SMILES string of the molecule is COC(=O)c1cc2oc(C#N)cc2[nH]1. The van der Waals surface area contributed by atoms with Gasteiger partial charge in [0.1, 0.15) is 11.8 Å². The molecule has 0 bridgehead atoms. The second kappa shape index (κ2) is 2.92. The summed E-state index contributed by atoms with van der Waals surface area (Å²) in [6.45, 7) is 0. The van der Waals surface area contributed by atoms with Gasteiger partial charge in [0.15, 0.2) is 5.58 Å². The van der Waals surface area contributed by atoms with E-state index >= 15 is 0 Å². The molecule has 2 rings (SSSR count). The van der Waals surface area contributed by atoms with Crippen LogP contribution in [0.2, 0.25) is 0 Å². The summed E-state index contributed by atoms with van der Waals surface area (Å²) in [6, 6.07) is 4.89. The molecule has 5 heteroatoms. The minimum atomic E-state index is -0.463. The fourth-order valence-corrected chi connectivity index (χ4v) is 1.20. The number of rotatable bonds is 1. The van der Waals surface area contributed by atoms with E-state index in [0.717, 1.165) is 0 Å². The number of carbonyl (C=O) groups is 1. The number of hydrogen-bond donors (Lipinski definition) is 1. The van der Waals surface area contributed by atoms with Crippen molar-refractivity contribution in [2.24, 2.45) is 0 Å². The molecular formula is C9H6N2O3. The van der Waals surface area contributed by atoms with Gasteiger partial charge in [-0.05, 0) is 0 Å². The molecule has 0 aliphatic rings. The summed E-state index contributed by atoms with van der Waals surface area (Å²) in [5.41, 5.74) is 1.40. The molecule has 0 saturated carbocycles. The summed E-state index contributed by atoms with van der Waals surface area (Å²) in [4.78, 5) is 13.9. The number of nitrogens with zero attached hydrogens (tertiary/aromatic N) is 1. The van der Waals surface area contributed by atoms with Crippen molar-refractivity contribution >= 4 is 17.1 Å². The van der Waals surface area contributed by atoms with Gasteiger partial charge >= 0.3 is 5.97 Å². The van der Waals surface area contributed by atoms with Crippen LogP contribution in [-0.4, -0.2) is 18.1 Å². The number of H-pyrrole nitrogens is 1. The van der Waals surface area contributed by atoms with Gasteiger partial charge in [0.05, 0.1) is 12.6 Å². The molecule has 5 nitrogen and oxygen atoms in total. The van der Waals surface area contributed by atoms with E-state index in [1.807, 2.05) is 6.07 Å². The first-order chi connectivity index (χ1) is 6.74. The minimum absolute atomic E-state index is 0.211. The van der Waals surface area contributed by atoms with E-state index in [2.05, 4.69) is 9.72 Å². The highest BCUT2D eigenvalue weighted by Gasteiger charge is 2.12. The lowest BCUT2D eigenvalue weighted by Crippen LogP contribution is -2.00. The van der Waals surface area contributed by atoms with E-state index in [1.54, 1.807) is 0 Å². The zero-order valence-electron chi connectivity index (χ0n) is 7.33. The maximum atomic E-state index is 11.1. The van der Waals surface area contributed by atoms with Gasteiger partial charge in [-0.15, -0.1) is 0 Å². The molecular weight excluding hydrogens is 184 g/mol. The first-order valence-electron chi connectivity index (χ1n) is 3.85. The largest absolute Gasteiger partial charge is 0.464 e. The Hall–Kier alpha value is -2.22. The van der Waals surface area contributed by atoms with Crippen LogP contribution in [0.4, 0.5) is 0 Å². The number of fused-ring (bicyclic) bond motifs is 1. The Morgan fingerprint density at radius 2 is 2.43 bits per heavy atom. The number of esters is 1. The van der Waals surface area contributed by atoms with Crippen molar-refractivity contribution in [1.29, 1.82) is 5.26 Å². The van der Waals surface area contributed by atoms with Gasteiger partial charge in [-0.25, -0.2) is 4.79 Å². The molecule has 0 radical (unpaired) electrons. The summed E-state index contributed by atoms with van der Waals surface area (Å²) in [5, 5.41) is 8.53. The van der Waals surface area contributed by atoms with E-state index in [-0.39, 0.29) is 5.76 Å². The lowest BCUT2D eigenvalue weighted by molar-refractivity contribution is 0.0595. The van der Waals surface area contributed by atoms with E-state index < -0.39 is 5.97 Å². The van der Waals surface area contributed by atoms with Crippen LogP contribution in [0.3, 0.4) is 0 Å². The normalized spacial score (nSPS) is 10.0. The Bertz CT molecular complexity index is 498. The van der Waals surface area contributed by atoms with Gasteiger partial charge in [-0.1, -0.05) is 0 Å². The Kier molecular flexibility index (Phi) is 1.75.